The van der Waals surface area contributed by atoms with Crippen molar-refractivity contribution in [3.8, 4) is 5.88 Å². The van der Waals surface area contributed by atoms with Crippen molar-refractivity contribution in [1.29, 1.82) is 0 Å². The Hall–Kier alpha value is -1.78. The number of rotatable bonds is 13. The van der Waals surface area contributed by atoms with Gasteiger partial charge in [0.1, 0.15) is 18.4 Å². The van der Waals surface area contributed by atoms with Crippen molar-refractivity contribution in [1.82, 2.24) is 19.4 Å². The van der Waals surface area contributed by atoms with E-state index in [1.165, 1.54) is 0 Å². The summed E-state index contributed by atoms with van der Waals surface area (Å²) in [5.74, 6) is 0.00332. The van der Waals surface area contributed by atoms with E-state index in [-0.39, 0.29) is 30.8 Å². The van der Waals surface area contributed by atoms with Gasteiger partial charge in [0.05, 0.1) is 24.8 Å². The Labute approximate surface area is 157 Å². The number of hydrogen-bond acceptors (Lipinski definition) is 9. The molecule has 0 aromatic carbocycles. The van der Waals surface area contributed by atoms with Crippen LogP contribution in [0, 0.1) is 5.92 Å². The highest BCUT2D eigenvalue weighted by Gasteiger charge is 2.14. The molecule has 0 bridgehead atoms. The summed E-state index contributed by atoms with van der Waals surface area (Å²) in [5, 5.41) is 15.7. The maximum Gasteiger partial charge on any atom is 0.306 e. The van der Waals surface area contributed by atoms with Gasteiger partial charge in [-0.15, -0.1) is 4.37 Å². The normalized spacial score (nSPS) is 12.0. The topological polar surface area (TPSA) is 123 Å². The van der Waals surface area contributed by atoms with Crippen LogP contribution < -0.4 is 15.4 Å². The van der Waals surface area contributed by atoms with E-state index in [9.17, 15) is 14.7 Å². The zero-order valence-corrected chi connectivity index (χ0v) is 16.3. The van der Waals surface area contributed by atoms with Gasteiger partial charge in [-0.3, -0.25) is 9.59 Å². The van der Waals surface area contributed by atoms with Gasteiger partial charge < -0.3 is 25.2 Å². The Bertz CT molecular complexity index is 552. The molecule has 3 N–H and O–H groups in total. The van der Waals surface area contributed by atoms with E-state index in [0.29, 0.717) is 44.2 Å². The average Bonchev–Trinajstić information content (AvgIpc) is 3.05. The number of hydrogen-bond donors (Lipinski definition) is 3. The number of aliphatic hydroxyl groups is 1. The van der Waals surface area contributed by atoms with E-state index in [1.807, 2.05) is 13.8 Å². The molecule has 1 amide bonds. The molecule has 0 aliphatic heterocycles. The minimum absolute atomic E-state index is 0.00191. The number of carbonyl (C=O) groups is 2. The Balaban J connectivity index is 2.20. The molecule has 148 valence electrons. The van der Waals surface area contributed by atoms with Gasteiger partial charge in [0, 0.05) is 32.0 Å². The molecule has 10 heteroatoms. The molecule has 1 aromatic rings. The summed E-state index contributed by atoms with van der Waals surface area (Å²) in [6, 6.07) is 0. The van der Waals surface area contributed by atoms with Crippen molar-refractivity contribution >= 4 is 23.6 Å². The highest BCUT2D eigenvalue weighted by Crippen LogP contribution is 2.17. The van der Waals surface area contributed by atoms with Gasteiger partial charge in [-0.2, -0.15) is 4.37 Å². The zero-order chi connectivity index (χ0) is 19.4. The molecule has 26 heavy (non-hydrogen) atoms. The van der Waals surface area contributed by atoms with Crippen molar-refractivity contribution in [3.05, 3.63) is 5.69 Å². The van der Waals surface area contributed by atoms with Crippen molar-refractivity contribution in [2.75, 3.05) is 32.8 Å². The molecular weight excluding hydrogens is 360 g/mol. The average molecular weight is 388 g/mol. The lowest BCUT2D eigenvalue weighted by atomic mass is 10.2. The van der Waals surface area contributed by atoms with E-state index in [2.05, 4.69) is 19.4 Å². The third kappa shape index (κ3) is 9.07. The first kappa shape index (κ1) is 22.3. The number of aryl methyl sites for hydroxylation is 1. The third-order valence-electron chi connectivity index (χ3n) is 3.31. The van der Waals surface area contributed by atoms with E-state index in [0.717, 1.165) is 11.7 Å². The lowest BCUT2D eigenvalue weighted by Gasteiger charge is -2.13. The van der Waals surface area contributed by atoms with E-state index in [1.54, 1.807) is 6.92 Å². The van der Waals surface area contributed by atoms with Crippen LogP contribution in [-0.4, -0.2) is 64.7 Å². The van der Waals surface area contributed by atoms with Crippen LogP contribution in [0.15, 0.2) is 0 Å². The van der Waals surface area contributed by atoms with Crippen molar-refractivity contribution < 1.29 is 24.2 Å². The fourth-order valence-corrected chi connectivity index (χ4v) is 2.44. The number of nitrogens with zero attached hydrogens (tertiary/aromatic N) is 2. The molecule has 1 aromatic heterocycles. The van der Waals surface area contributed by atoms with Crippen LogP contribution in [-0.2, 0) is 20.7 Å². The quantitative estimate of drug-likeness (QED) is 0.322. The molecule has 0 radical (unpaired) electrons. The molecule has 1 unspecified atom stereocenters. The van der Waals surface area contributed by atoms with E-state index in [4.69, 9.17) is 9.47 Å². The Morgan fingerprint density at radius 2 is 2.04 bits per heavy atom. The van der Waals surface area contributed by atoms with Crippen LogP contribution in [0.1, 0.15) is 32.9 Å². The summed E-state index contributed by atoms with van der Waals surface area (Å²) in [5.41, 5.74) is 0.583. The monoisotopic (exact) mass is 388 g/mol. The van der Waals surface area contributed by atoms with Crippen molar-refractivity contribution in [2.45, 2.75) is 39.7 Å². The molecule has 0 aliphatic carbocycles. The Morgan fingerprint density at radius 1 is 1.27 bits per heavy atom. The number of esters is 1. The molecule has 0 fully saturated rings. The van der Waals surface area contributed by atoms with Crippen LogP contribution in [0.2, 0.25) is 0 Å². The third-order valence-corrected chi connectivity index (χ3v) is 3.86. The molecular formula is C16H28N4O5S. The van der Waals surface area contributed by atoms with Crippen LogP contribution in [0.5, 0.6) is 5.88 Å². The number of carbonyl (C=O) groups excluding carboxylic acids is 2. The van der Waals surface area contributed by atoms with Gasteiger partial charge in [0.25, 0.3) is 0 Å². The van der Waals surface area contributed by atoms with Gasteiger partial charge in [-0.1, -0.05) is 13.8 Å². The standard InChI is InChI=1S/C16H28N4O5S/c1-4-24-14(22)6-5-13-16(20-26-19-13)25-10-12(21)9-17-7-8-18-15(23)11(2)3/h11-12,17,21H,4-10H2,1-3H3,(H,18,23). The summed E-state index contributed by atoms with van der Waals surface area (Å²) in [7, 11) is 0. The first-order chi connectivity index (χ1) is 12.4. The number of aliphatic hydroxyl groups excluding tert-OH is 1. The zero-order valence-electron chi connectivity index (χ0n) is 15.5. The molecule has 1 rings (SSSR count). The molecule has 9 nitrogen and oxygen atoms in total. The highest BCUT2D eigenvalue weighted by molar-refractivity contribution is 6.99. The van der Waals surface area contributed by atoms with E-state index < -0.39 is 6.10 Å². The SMILES string of the molecule is CCOC(=O)CCc1nsnc1OCC(O)CNCCNC(=O)C(C)C. The van der Waals surface area contributed by atoms with Gasteiger partial charge in [0.15, 0.2) is 0 Å². The van der Waals surface area contributed by atoms with Crippen LogP contribution >= 0.6 is 11.7 Å². The summed E-state index contributed by atoms with van der Waals surface area (Å²) >= 11 is 0.998. The maximum absolute atomic E-state index is 11.4. The van der Waals surface area contributed by atoms with Crippen molar-refractivity contribution in [3.63, 3.8) is 0 Å². The van der Waals surface area contributed by atoms with Crippen LogP contribution in [0.3, 0.4) is 0 Å². The second-order valence-electron chi connectivity index (χ2n) is 5.94. The fraction of sp³-hybridized carbons (Fsp3) is 0.750. The second-order valence-corrected chi connectivity index (χ2v) is 6.46. The Morgan fingerprint density at radius 3 is 2.73 bits per heavy atom. The predicted octanol–water partition coefficient (Wildman–Crippen LogP) is 0.135. The summed E-state index contributed by atoms with van der Waals surface area (Å²) in [6.07, 6.45) is -0.133. The minimum Gasteiger partial charge on any atom is -0.473 e. The fourth-order valence-electron chi connectivity index (χ4n) is 1.90. The molecule has 0 aliphatic rings. The van der Waals surface area contributed by atoms with Gasteiger partial charge in [-0.05, 0) is 6.92 Å². The summed E-state index contributed by atoms with van der Waals surface area (Å²) in [4.78, 5) is 22.8. The maximum atomic E-state index is 11.4. The molecule has 0 saturated carbocycles. The lowest BCUT2D eigenvalue weighted by Crippen LogP contribution is -2.38. The first-order valence-corrected chi connectivity index (χ1v) is 9.43. The number of amides is 1. The largest absolute Gasteiger partial charge is 0.473 e. The number of ether oxygens (including phenoxy) is 2. The van der Waals surface area contributed by atoms with Gasteiger partial charge >= 0.3 is 5.97 Å². The van der Waals surface area contributed by atoms with Crippen LogP contribution in [0.4, 0.5) is 0 Å². The minimum atomic E-state index is -0.726. The lowest BCUT2D eigenvalue weighted by molar-refractivity contribution is -0.143. The molecule has 0 spiro atoms. The van der Waals surface area contributed by atoms with E-state index >= 15 is 0 Å². The van der Waals surface area contributed by atoms with Gasteiger partial charge in [-0.25, -0.2) is 0 Å². The van der Waals surface area contributed by atoms with Gasteiger partial charge in [0.2, 0.25) is 11.8 Å². The smallest absolute Gasteiger partial charge is 0.306 e. The number of nitrogens with one attached hydrogen (secondary N) is 2. The van der Waals surface area contributed by atoms with Crippen LogP contribution in [0.25, 0.3) is 0 Å². The highest BCUT2D eigenvalue weighted by atomic mass is 32.1. The number of aromatic nitrogens is 2. The second kappa shape index (κ2) is 12.6. The molecule has 0 saturated heterocycles. The first-order valence-electron chi connectivity index (χ1n) is 8.70. The van der Waals surface area contributed by atoms with Crippen molar-refractivity contribution in [2.24, 2.45) is 5.92 Å². The Kier molecular flexibility index (Phi) is 10.7. The summed E-state index contributed by atoms with van der Waals surface area (Å²) < 4.78 is 18.5. The molecule has 1 heterocycles. The predicted molar refractivity (Wildman–Crippen MR) is 97.1 cm³/mol. The molecule has 1 atom stereocenters. The summed E-state index contributed by atoms with van der Waals surface area (Å²) in [6.45, 7) is 7.20.